The predicted molar refractivity (Wildman–Crippen MR) is 117 cm³/mol. The van der Waals surface area contributed by atoms with Gasteiger partial charge in [-0.25, -0.2) is 8.42 Å². The van der Waals surface area contributed by atoms with Crippen molar-refractivity contribution in [1.82, 2.24) is 0 Å². The smallest absolute Gasteiger partial charge is 0.215 e. The minimum Gasteiger partial charge on any atom is -0.726 e. The predicted octanol–water partition coefficient (Wildman–Crippen LogP) is 3.41. The van der Waals surface area contributed by atoms with Crippen LogP contribution in [-0.4, -0.2) is 30.6 Å². The Balaban J connectivity index is 0.000000537. The molecule has 2 aromatic carbocycles. The SMILES string of the molecule is CCN(CC)c1ccc2c(c1)Sc1cc(N)c(C(C)(C)C)cc1[NH2+]2.O=S(=O)([O-])O. The van der Waals surface area contributed by atoms with Gasteiger partial charge in [0.15, 0.2) is 0 Å². The third-order valence-electron chi connectivity index (χ3n) is 4.65. The molecule has 0 unspecified atom stereocenters. The number of hydrogen-bond acceptors (Lipinski definition) is 6. The molecule has 0 aliphatic carbocycles. The molecule has 5 N–H and O–H groups in total. The number of nitrogens with two attached hydrogens (primary N) is 2. The van der Waals surface area contributed by atoms with Crippen molar-refractivity contribution in [2.24, 2.45) is 0 Å². The van der Waals surface area contributed by atoms with Gasteiger partial charge in [0.2, 0.25) is 10.4 Å². The van der Waals surface area contributed by atoms with Crippen molar-refractivity contribution >= 4 is 44.9 Å². The number of benzene rings is 2. The molecule has 1 aliphatic rings. The molecular formula is C20H29N3O4S2. The fourth-order valence-corrected chi connectivity index (χ4v) is 4.35. The minimum atomic E-state index is -4.92. The Morgan fingerprint density at radius 1 is 1.10 bits per heavy atom. The first-order valence-corrected chi connectivity index (χ1v) is 11.6. The van der Waals surface area contributed by atoms with Crippen LogP contribution >= 0.6 is 11.8 Å². The number of nitrogens with zero attached hydrogens (tertiary/aromatic N) is 1. The molecule has 2 aromatic rings. The third kappa shape index (κ3) is 6.35. The van der Waals surface area contributed by atoms with Crippen molar-refractivity contribution in [3.05, 3.63) is 35.9 Å². The Morgan fingerprint density at radius 2 is 1.66 bits per heavy atom. The second-order valence-corrected chi connectivity index (χ2v) is 9.74. The van der Waals surface area contributed by atoms with Gasteiger partial charge in [-0.1, -0.05) is 32.5 Å². The summed E-state index contributed by atoms with van der Waals surface area (Å²) in [6.45, 7) is 13.1. The highest BCUT2D eigenvalue weighted by molar-refractivity contribution is 7.99. The number of hydrogen-bond donors (Lipinski definition) is 3. The average Bonchev–Trinajstić information content (AvgIpc) is 2.58. The van der Waals surface area contributed by atoms with Crippen LogP contribution in [0.2, 0.25) is 0 Å². The maximum atomic E-state index is 8.63. The summed E-state index contributed by atoms with van der Waals surface area (Å²) in [7, 11) is -4.92. The van der Waals surface area contributed by atoms with E-state index in [1.54, 1.807) is 0 Å². The molecule has 0 radical (unpaired) electrons. The van der Waals surface area contributed by atoms with Gasteiger partial charge in [-0.05, 0) is 43.0 Å². The molecule has 0 spiro atoms. The fourth-order valence-electron chi connectivity index (χ4n) is 3.27. The molecule has 160 valence electrons. The van der Waals surface area contributed by atoms with Gasteiger partial charge in [-0.15, -0.1) is 0 Å². The van der Waals surface area contributed by atoms with E-state index in [0.29, 0.717) is 0 Å². The monoisotopic (exact) mass is 439 g/mol. The number of quaternary nitrogens is 1. The Morgan fingerprint density at radius 3 is 2.17 bits per heavy atom. The summed E-state index contributed by atoms with van der Waals surface area (Å²) in [6.07, 6.45) is 0. The van der Waals surface area contributed by atoms with Crippen LogP contribution in [0.3, 0.4) is 0 Å². The van der Waals surface area contributed by atoms with Crippen LogP contribution in [0.25, 0.3) is 0 Å². The minimum absolute atomic E-state index is 0.0600. The molecule has 0 saturated carbocycles. The van der Waals surface area contributed by atoms with Crippen LogP contribution in [0.4, 0.5) is 22.7 Å². The molecule has 9 heteroatoms. The normalized spacial score (nSPS) is 13.1. The van der Waals surface area contributed by atoms with Gasteiger partial charge in [-0.3, -0.25) is 9.87 Å². The van der Waals surface area contributed by atoms with Gasteiger partial charge in [-0.2, -0.15) is 0 Å². The highest BCUT2D eigenvalue weighted by atomic mass is 32.3. The van der Waals surface area contributed by atoms with E-state index in [1.165, 1.54) is 32.4 Å². The van der Waals surface area contributed by atoms with Crippen LogP contribution in [0.5, 0.6) is 0 Å². The average molecular weight is 440 g/mol. The molecule has 0 saturated heterocycles. The third-order valence-corrected chi connectivity index (χ3v) is 5.79. The van der Waals surface area contributed by atoms with E-state index >= 15 is 0 Å². The summed E-state index contributed by atoms with van der Waals surface area (Å²) < 4.78 is 32.8. The van der Waals surface area contributed by atoms with E-state index in [1.807, 2.05) is 11.8 Å². The van der Waals surface area contributed by atoms with Crippen molar-refractivity contribution in [2.75, 3.05) is 23.7 Å². The summed E-state index contributed by atoms with van der Waals surface area (Å²) in [5.74, 6) is 0. The molecule has 0 amide bonds. The quantitative estimate of drug-likeness (QED) is 0.324. The molecule has 0 atom stereocenters. The zero-order valence-corrected chi connectivity index (χ0v) is 19.0. The molecule has 0 fully saturated rings. The van der Waals surface area contributed by atoms with Crippen LogP contribution in [0, 0.1) is 0 Å². The van der Waals surface area contributed by atoms with Gasteiger partial charge in [0.1, 0.15) is 11.4 Å². The number of anilines is 2. The summed E-state index contributed by atoms with van der Waals surface area (Å²) in [4.78, 5) is 4.95. The van der Waals surface area contributed by atoms with Crippen LogP contribution in [-0.2, 0) is 15.8 Å². The number of rotatable bonds is 3. The Labute approximate surface area is 177 Å². The molecule has 1 heterocycles. The number of fused-ring (bicyclic) bond motifs is 2. The highest BCUT2D eigenvalue weighted by Crippen LogP contribution is 2.43. The summed E-state index contributed by atoms with van der Waals surface area (Å²) in [5.41, 5.74) is 12.4. The largest absolute Gasteiger partial charge is 0.726 e. The van der Waals surface area contributed by atoms with E-state index in [2.05, 4.69) is 75.2 Å². The second-order valence-electron chi connectivity index (χ2n) is 7.80. The first-order chi connectivity index (χ1) is 13.3. The molecule has 3 rings (SSSR count). The van der Waals surface area contributed by atoms with Gasteiger partial charge < -0.3 is 15.2 Å². The van der Waals surface area contributed by atoms with Gasteiger partial charge in [0.25, 0.3) is 0 Å². The molecule has 0 bridgehead atoms. The molecule has 29 heavy (non-hydrogen) atoms. The lowest BCUT2D eigenvalue weighted by molar-refractivity contribution is -0.485. The Bertz CT molecular complexity index is 974. The lowest BCUT2D eigenvalue weighted by Crippen LogP contribution is -2.72. The van der Waals surface area contributed by atoms with Crippen molar-refractivity contribution in [2.45, 2.75) is 49.8 Å². The fraction of sp³-hybridized carbons (Fsp3) is 0.400. The molecule has 1 aliphatic heterocycles. The first-order valence-electron chi connectivity index (χ1n) is 9.37. The first kappa shape index (κ1) is 23.5. The molecular weight excluding hydrogens is 410 g/mol. The van der Waals surface area contributed by atoms with Gasteiger partial charge in [0, 0.05) is 36.6 Å². The van der Waals surface area contributed by atoms with Crippen molar-refractivity contribution in [1.29, 1.82) is 0 Å². The van der Waals surface area contributed by atoms with Crippen molar-refractivity contribution < 1.29 is 22.8 Å². The van der Waals surface area contributed by atoms with E-state index in [-0.39, 0.29) is 5.41 Å². The van der Waals surface area contributed by atoms with Crippen LogP contribution in [0.1, 0.15) is 40.2 Å². The standard InChI is InChI=1S/C20H27N3S.H2O4S/c1-6-23(7-2)13-8-9-16-18(10-13)24-19-12-15(21)14(20(3,4)5)11-17(19)22-16;1-5(2,3)4/h8-12,22H,6-7,21H2,1-5H3;(H2,1,2,3,4). The van der Waals surface area contributed by atoms with Gasteiger partial charge in [0.05, 0.1) is 9.79 Å². The molecule has 0 aromatic heterocycles. The Hall–Kier alpha value is -1.78. The van der Waals surface area contributed by atoms with E-state index < -0.39 is 10.4 Å². The number of nitrogen functional groups attached to an aromatic ring is 1. The second kappa shape index (κ2) is 8.93. The highest BCUT2D eigenvalue weighted by Gasteiger charge is 2.26. The zero-order chi connectivity index (χ0) is 22.0. The van der Waals surface area contributed by atoms with E-state index in [9.17, 15) is 0 Å². The maximum absolute atomic E-state index is 8.63. The summed E-state index contributed by atoms with van der Waals surface area (Å²) in [6, 6.07) is 11.2. The maximum Gasteiger partial charge on any atom is 0.215 e. The van der Waals surface area contributed by atoms with E-state index in [4.69, 9.17) is 23.3 Å². The lowest BCUT2D eigenvalue weighted by atomic mass is 9.85. The van der Waals surface area contributed by atoms with E-state index in [0.717, 1.165) is 18.8 Å². The van der Waals surface area contributed by atoms with Crippen molar-refractivity contribution in [3.8, 4) is 0 Å². The Kier molecular flexibility index (Phi) is 7.23. The molecule has 7 nitrogen and oxygen atoms in total. The van der Waals surface area contributed by atoms with Crippen LogP contribution in [0.15, 0.2) is 40.1 Å². The van der Waals surface area contributed by atoms with Crippen LogP contribution < -0.4 is 16.0 Å². The summed E-state index contributed by atoms with van der Waals surface area (Å²) >= 11 is 1.83. The zero-order valence-electron chi connectivity index (χ0n) is 17.4. The topological polar surface area (TPSA) is 123 Å². The summed E-state index contributed by atoms with van der Waals surface area (Å²) in [5, 5.41) is 2.29. The van der Waals surface area contributed by atoms with Gasteiger partial charge >= 0.3 is 0 Å². The van der Waals surface area contributed by atoms with Crippen molar-refractivity contribution in [3.63, 3.8) is 0 Å². The lowest BCUT2D eigenvalue weighted by Gasteiger charge is -2.26.